The van der Waals surface area contributed by atoms with E-state index in [2.05, 4.69) is 19.9 Å². The molecule has 0 aliphatic heterocycles. The Bertz CT molecular complexity index is 748. The maximum atomic E-state index is 11.4. The molecule has 0 amide bonds. The molecule has 3 nitrogen and oxygen atoms in total. The number of rotatable bonds is 7. The summed E-state index contributed by atoms with van der Waals surface area (Å²) in [5, 5.41) is 1.98. The highest BCUT2D eigenvalue weighted by Gasteiger charge is 2.13. The van der Waals surface area contributed by atoms with Crippen molar-refractivity contribution in [2.45, 2.75) is 57.3 Å². The van der Waals surface area contributed by atoms with Crippen molar-refractivity contribution in [2.75, 3.05) is 0 Å². The Hall–Kier alpha value is -1.39. The number of aryl methyl sites for hydroxylation is 2. The highest BCUT2D eigenvalue weighted by atomic mass is 32.2. The smallest absolute Gasteiger partial charge is 0.282 e. The third kappa shape index (κ3) is 3.87. The van der Waals surface area contributed by atoms with Gasteiger partial charge < -0.3 is 0 Å². The minimum absolute atomic E-state index is 0.0228. The molecule has 0 radical (unpaired) electrons. The van der Waals surface area contributed by atoms with Crippen LogP contribution < -0.4 is 0 Å². The number of fused-ring (bicyclic) bond motifs is 1. The zero-order chi connectivity index (χ0) is 16.2. The van der Waals surface area contributed by atoms with Gasteiger partial charge in [0.05, 0.1) is 4.90 Å². The van der Waals surface area contributed by atoms with E-state index in [1.807, 2.05) is 6.07 Å². The maximum Gasteiger partial charge on any atom is 0.294 e. The fourth-order valence-electron chi connectivity index (χ4n) is 2.82. The van der Waals surface area contributed by atoms with Gasteiger partial charge in [-0.3, -0.25) is 4.55 Å². The highest BCUT2D eigenvalue weighted by Crippen LogP contribution is 2.28. The molecule has 0 bridgehead atoms. The molecule has 0 saturated carbocycles. The van der Waals surface area contributed by atoms with Gasteiger partial charge in [0.25, 0.3) is 10.1 Å². The van der Waals surface area contributed by atoms with E-state index in [4.69, 9.17) is 0 Å². The second-order valence-electron chi connectivity index (χ2n) is 5.77. The van der Waals surface area contributed by atoms with E-state index in [1.54, 1.807) is 12.1 Å². The molecule has 0 heterocycles. The largest absolute Gasteiger partial charge is 0.294 e. The monoisotopic (exact) mass is 320 g/mol. The molecule has 0 spiro atoms. The van der Waals surface area contributed by atoms with E-state index < -0.39 is 10.1 Å². The Morgan fingerprint density at radius 1 is 0.955 bits per heavy atom. The average Bonchev–Trinajstić information content (AvgIpc) is 2.49. The van der Waals surface area contributed by atoms with Crippen LogP contribution in [0.25, 0.3) is 10.8 Å². The zero-order valence-corrected chi connectivity index (χ0v) is 14.1. The third-order valence-corrected chi connectivity index (χ3v) is 4.93. The predicted octanol–water partition coefficient (Wildman–Crippen LogP) is 4.77. The van der Waals surface area contributed by atoms with Crippen LogP contribution in [-0.2, 0) is 23.0 Å². The SMILES string of the molecule is CCCCc1ccc2ccc(S(=O)(=O)O)cc2c1CCCC. The Morgan fingerprint density at radius 3 is 2.23 bits per heavy atom. The van der Waals surface area contributed by atoms with E-state index in [0.29, 0.717) is 0 Å². The van der Waals surface area contributed by atoms with Crippen molar-refractivity contribution in [3.63, 3.8) is 0 Å². The lowest BCUT2D eigenvalue weighted by molar-refractivity contribution is 0.483. The number of hydrogen-bond donors (Lipinski definition) is 1. The lowest BCUT2D eigenvalue weighted by Crippen LogP contribution is -2.00. The van der Waals surface area contributed by atoms with E-state index in [-0.39, 0.29) is 4.90 Å². The Morgan fingerprint density at radius 2 is 1.59 bits per heavy atom. The molecule has 0 atom stereocenters. The molecular weight excluding hydrogens is 296 g/mol. The summed E-state index contributed by atoms with van der Waals surface area (Å²) in [6.45, 7) is 4.32. The molecule has 0 aromatic heterocycles. The highest BCUT2D eigenvalue weighted by molar-refractivity contribution is 7.85. The second kappa shape index (κ2) is 7.25. The van der Waals surface area contributed by atoms with Crippen LogP contribution in [0.4, 0.5) is 0 Å². The molecule has 2 aromatic rings. The predicted molar refractivity (Wildman–Crippen MR) is 91.0 cm³/mol. The fraction of sp³-hybridized carbons (Fsp3) is 0.444. The van der Waals surface area contributed by atoms with Gasteiger partial charge in [-0.2, -0.15) is 8.42 Å². The first kappa shape index (κ1) is 17.0. The van der Waals surface area contributed by atoms with Crippen LogP contribution in [0.5, 0.6) is 0 Å². The van der Waals surface area contributed by atoms with Crippen LogP contribution >= 0.6 is 0 Å². The number of unbranched alkanes of at least 4 members (excludes halogenated alkanes) is 2. The third-order valence-electron chi connectivity index (χ3n) is 4.08. The normalized spacial score (nSPS) is 12.0. The van der Waals surface area contributed by atoms with Gasteiger partial charge in [0, 0.05) is 0 Å². The van der Waals surface area contributed by atoms with Gasteiger partial charge in [-0.1, -0.05) is 44.9 Å². The van der Waals surface area contributed by atoms with Gasteiger partial charge in [-0.15, -0.1) is 0 Å². The molecule has 2 aromatic carbocycles. The quantitative estimate of drug-likeness (QED) is 0.747. The van der Waals surface area contributed by atoms with E-state index in [9.17, 15) is 13.0 Å². The minimum atomic E-state index is -4.16. The van der Waals surface area contributed by atoms with Crippen LogP contribution in [0.3, 0.4) is 0 Å². The van der Waals surface area contributed by atoms with Gasteiger partial charge in [-0.05, 0) is 59.7 Å². The van der Waals surface area contributed by atoms with Crippen LogP contribution in [0.15, 0.2) is 35.2 Å². The van der Waals surface area contributed by atoms with Crippen LogP contribution in [-0.4, -0.2) is 13.0 Å². The molecule has 0 fully saturated rings. The van der Waals surface area contributed by atoms with E-state index >= 15 is 0 Å². The van der Waals surface area contributed by atoms with Gasteiger partial charge in [0.1, 0.15) is 0 Å². The van der Waals surface area contributed by atoms with Gasteiger partial charge in [0.2, 0.25) is 0 Å². The summed E-state index contributed by atoms with van der Waals surface area (Å²) in [7, 11) is -4.16. The number of hydrogen-bond acceptors (Lipinski definition) is 2. The van der Waals surface area contributed by atoms with Gasteiger partial charge >= 0.3 is 0 Å². The topological polar surface area (TPSA) is 54.4 Å². The van der Waals surface area contributed by atoms with Crippen molar-refractivity contribution in [3.05, 3.63) is 41.5 Å². The van der Waals surface area contributed by atoms with Gasteiger partial charge in [0.15, 0.2) is 0 Å². The van der Waals surface area contributed by atoms with Crippen molar-refractivity contribution in [1.29, 1.82) is 0 Å². The summed E-state index contributed by atoms with van der Waals surface area (Å²) in [6, 6.07) is 9.06. The summed E-state index contributed by atoms with van der Waals surface area (Å²) >= 11 is 0. The van der Waals surface area contributed by atoms with Crippen molar-refractivity contribution in [3.8, 4) is 0 Å². The first-order valence-electron chi connectivity index (χ1n) is 7.99. The summed E-state index contributed by atoms with van der Waals surface area (Å²) < 4.78 is 32.1. The first-order valence-corrected chi connectivity index (χ1v) is 9.43. The summed E-state index contributed by atoms with van der Waals surface area (Å²) in [6.07, 6.45) is 6.40. The van der Waals surface area contributed by atoms with Crippen molar-refractivity contribution >= 4 is 20.9 Å². The molecule has 1 N–H and O–H groups in total. The van der Waals surface area contributed by atoms with Crippen LogP contribution in [0.2, 0.25) is 0 Å². The van der Waals surface area contributed by atoms with E-state index in [1.165, 1.54) is 17.2 Å². The lowest BCUT2D eigenvalue weighted by atomic mass is 9.92. The van der Waals surface area contributed by atoms with Crippen LogP contribution in [0, 0.1) is 0 Å². The molecule has 0 unspecified atom stereocenters. The Balaban J connectivity index is 2.60. The Kier molecular flexibility index (Phi) is 5.59. The molecule has 0 aliphatic rings. The molecule has 0 saturated heterocycles. The van der Waals surface area contributed by atoms with Crippen molar-refractivity contribution in [2.24, 2.45) is 0 Å². The summed E-state index contributed by atoms with van der Waals surface area (Å²) in [5.41, 5.74) is 2.54. The maximum absolute atomic E-state index is 11.4. The van der Waals surface area contributed by atoms with Gasteiger partial charge in [-0.25, -0.2) is 0 Å². The molecule has 2 rings (SSSR count). The molecule has 0 aliphatic carbocycles. The molecule has 4 heteroatoms. The molecule has 120 valence electrons. The van der Waals surface area contributed by atoms with Crippen LogP contribution in [0.1, 0.15) is 50.7 Å². The summed E-state index contributed by atoms with van der Waals surface area (Å²) in [5.74, 6) is 0. The fourth-order valence-corrected chi connectivity index (χ4v) is 3.32. The number of benzene rings is 2. The van der Waals surface area contributed by atoms with Crippen molar-refractivity contribution < 1.29 is 13.0 Å². The van der Waals surface area contributed by atoms with Crippen molar-refractivity contribution in [1.82, 2.24) is 0 Å². The second-order valence-corrected chi connectivity index (χ2v) is 7.19. The molecule has 22 heavy (non-hydrogen) atoms. The standard InChI is InChI=1S/C18H24O3S/c1-3-5-7-14-9-10-15-11-12-16(22(19,20)21)13-18(15)17(14)8-6-4-2/h9-13H,3-8H2,1-2H3,(H,19,20,21). The Labute approximate surface area is 133 Å². The van der Waals surface area contributed by atoms with E-state index in [0.717, 1.165) is 49.3 Å². The zero-order valence-electron chi connectivity index (χ0n) is 13.3. The molecular formula is C18H24O3S. The first-order chi connectivity index (χ1) is 10.5. The average molecular weight is 320 g/mol. The minimum Gasteiger partial charge on any atom is -0.282 e. The summed E-state index contributed by atoms with van der Waals surface area (Å²) in [4.78, 5) is -0.0228. The lowest BCUT2D eigenvalue weighted by Gasteiger charge is -2.14.